The Morgan fingerprint density at radius 2 is 1.93 bits per heavy atom. The van der Waals surface area contributed by atoms with E-state index in [1.165, 1.54) is 12.1 Å². The van der Waals surface area contributed by atoms with Crippen LogP contribution in [0, 0.1) is 5.82 Å². The molecule has 0 saturated carbocycles. The molecule has 0 unspecified atom stereocenters. The molecule has 2 saturated heterocycles. The molecule has 6 nitrogen and oxygen atoms in total. The SMILES string of the molecule is C[C@H]1C(=O)N2CCN(Cc3nc(-c4ccc(F)cc4)cs3)C[C@@H]2C(=O)N1C. The average molecular weight is 388 g/mol. The molecule has 0 bridgehead atoms. The zero-order valence-corrected chi connectivity index (χ0v) is 16.1. The van der Waals surface area contributed by atoms with Crippen LogP contribution in [0.4, 0.5) is 4.39 Å². The number of halogens is 1. The van der Waals surface area contributed by atoms with E-state index in [1.807, 2.05) is 5.38 Å². The topological polar surface area (TPSA) is 56.8 Å². The lowest BCUT2D eigenvalue weighted by Gasteiger charge is -2.47. The van der Waals surface area contributed by atoms with Crippen LogP contribution in [0.1, 0.15) is 11.9 Å². The van der Waals surface area contributed by atoms with E-state index < -0.39 is 12.1 Å². The van der Waals surface area contributed by atoms with Gasteiger partial charge in [0.25, 0.3) is 0 Å². The second kappa shape index (κ2) is 7.01. The maximum atomic E-state index is 13.1. The first-order chi connectivity index (χ1) is 12.9. The summed E-state index contributed by atoms with van der Waals surface area (Å²) in [6.07, 6.45) is 0. The molecule has 8 heteroatoms. The van der Waals surface area contributed by atoms with Crippen LogP contribution in [0.25, 0.3) is 11.3 Å². The molecule has 2 aromatic rings. The molecule has 2 fully saturated rings. The number of benzene rings is 1. The molecule has 3 heterocycles. The molecule has 4 rings (SSSR count). The highest BCUT2D eigenvalue weighted by molar-refractivity contribution is 7.09. The van der Waals surface area contributed by atoms with Gasteiger partial charge in [-0.3, -0.25) is 14.5 Å². The lowest BCUT2D eigenvalue weighted by atomic mass is 10.0. The molecule has 2 aliphatic heterocycles. The standard InChI is InChI=1S/C19H21FN4O2S/c1-12-18(25)24-8-7-23(9-16(24)19(26)22(12)2)10-17-21-15(11-27-17)13-3-5-14(20)6-4-13/h3-6,11-12,16H,7-10H2,1-2H3/t12-,16+/m0/s1. The number of carbonyl (C=O) groups excluding carboxylic acids is 2. The van der Waals surface area contributed by atoms with Gasteiger partial charge in [0, 0.05) is 37.6 Å². The zero-order valence-electron chi connectivity index (χ0n) is 15.3. The Balaban J connectivity index is 1.45. The fourth-order valence-electron chi connectivity index (χ4n) is 3.62. The maximum absolute atomic E-state index is 13.1. The van der Waals surface area contributed by atoms with Gasteiger partial charge in [-0.15, -0.1) is 11.3 Å². The van der Waals surface area contributed by atoms with Crippen molar-refractivity contribution in [2.45, 2.75) is 25.6 Å². The third-order valence-corrected chi connectivity index (χ3v) is 6.20. The van der Waals surface area contributed by atoms with Gasteiger partial charge in [-0.25, -0.2) is 9.37 Å². The van der Waals surface area contributed by atoms with Crippen molar-refractivity contribution in [2.75, 3.05) is 26.7 Å². The number of piperazine rings is 2. The van der Waals surface area contributed by atoms with Crippen LogP contribution < -0.4 is 0 Å². The van der Waals surface area contributed by atoms with Crippen LogP contribution >= 0.6 is 11.3 Å². The Morgan fingerprint density at radius 1 is 1.19 bits per heavy atom. The van der Waals surface area contributed by atoms with Gasteiger partial charge >= 0.3 is 0 Å². The molecular weight excluding hydrogens is 367 g/mol. The van der Waals surface area contributed by atoms with E-state index in [1.54, 1.807) is 47.2 Å². The minimum atomic E-state index is -0.413. The predicted octanol–water partition coefficient (Wildman–Crippen LogP) is 1.82. The summed E-state index contributed by atoms with van der Waals surface area (Å²) in [5, 5.41) is 2.91. The van der Waals surface area contributed by atoms with Crippen molar-refractivity contribution in [3.8, 4) is 11.3 Å². The third kappa shape index (κ3) is 3.35. The molecule has 2 amide bonds. The van der Waals surface area contributed by atoms with E-state index in [0.717, 1.165) is 22.8 Å². The van der Waals surface area contributed by atoms with Gasteiger partial charge in [0.05, 0.1) is 12.2 Å². The largest absolute Gasteiger partial charge is 0.332 e. The number of carbonyl (C=O) groups is 2. The normalized spacial score (nSPS) is 23.7. The van der Waals surface area contributed by atoms with E-state index in [4.69, 9.17) is 0 Å². The minimum Gasteiger partial charge on any atom is -0.332 e. The number of thiazole rings is 1. The van der Waals surface area contributed by atoms with Crippen LogP contribution in [-0.2, 0) is 16.1 Å². The van der Waals surface area contributed by atoms with Gasteiger partial charge in [0.1, 0.15) is 22.9 Å². The molecular formula is C19H21FN4O2S. The smallest absolute Gasteiger partial charge is 0.247 e. The predicted molar refractivity (Wildman–Crippen MR) is 101 cm³/mol. The number of hydrogen-bond acceptors (Lipinski definition) is 5. The van der Waals surface area contributed by atoms with Crippen LogP contribution in [0.2, 0.25) is 0 Å². The summed E-state index contributed by atoms with van der Waals surface area (Å²) < 4.78 is 13.1. The Labute approximate surface area is 161 Å². The molecule has 0 radical (unpaired) electrons. The van der Waals surface area contributed by atoms with Crippen molar-refractivity contribution in [3.63, 3.8) is 0 Å². The monoisotopic (exact) mass is 388 g/mol. The van der Waals surface area contributed by atoms with Crippen LogP contribution in [0.5, 0.6) is 0 Å². The summed E-state index contributed by atoms with van der Waals surface area (Å²) in [4.78, 5) is 35.1. The fraction of sp³-hybridized carbons (Fsp3) is 0.421. The summed E-state index contributed by atoms with van der Waals surface area (Å²) in [7, 11) is 1.69. The minimum absolute atomic E-state index is 0.00191. The molecule has 1 aromatic heterocycles. The van der Waals surface area contributed by atoms with Gasteiger partial charge in [-0.1, -0.05) is 0 Å². The van der Waals surface area contributed by atoms with Crippen molar-refractivity contribution < 1.29 is 14.0 Å². The molecule has 2 aliphatic rings. The van der Waals surface area contributed by atoms with E-state index in [0.29, 0.717) is 19.6 Å². The first-order valence-corrected chi connectivity index (χ1v) is 9.82. The fourth-order valence-corrected chi connectivity index (χ4v) is 4.46. The molecule has 2 atom stereocenters. The van der Waals surface area contributed by atoms with Crippen molar-refractivity contribution in [2.24, 2.45) is 0 Å². The number of likely N-dealkylation sites (N-methyl/N-ethyl adjacent to an activating group) is 1. The number of aromatic nitrogens is 1. The molecule has 0 spiro atoms. The summed E-state index contributed by atoms with van der Waals surface area (Å²) in [5.41, 5.74) is 1.71. The molecule has 1 aromatic carbocycles. The van der Waals surface area contributed by atoms with E-state index in [2.05, 4.69) is 9.88 Å². The number of fused-ring (bicyclic) bond motifs is 1. The van der Waals surface area contributed by atoms with E-state index in [-0.39, 0.29) is 17.6 Å². The molecule has 142 valence electrons. The van der Waals surface area contributed by atoms with Gasteiger partial charge in [0.15, 0.2) is 0 Å². The highest BCUT2D eigenvalue weighted by atomic mass is 32.1. The second-order valence-corrected chi connectivity index (χ2v) is 7.98. The van der Waals surface area contributed by atoms with Crippen molar-refractivity contribution >= 4 is 23.2 Å². The summed E-state index contributed by atoms with van der Waals surface area (Å²) in [6, 6.07) is 5.49. The number of rotatable bonds is 3. The van der Waals surface area contributed by atoms with Gasteiger partial charge in [0.2, 0.25) is 11.8 Å². The van der Waals surface area contributed by atoms with Crippen LogP contribution in [0.15, 0.2) is 29.6 Å². The summed E-state index contributed by atoms with van der Waals surface area (Å²) >= 11 is 1.55. The van der Waals surface area contributed by atoms with Crippen molar-refractivity contribution in [1.29, 1.82) is 0 Å². The molecule has 27 heavy (non-hydrogen) atoms. The highest BCUT2D eigenvalue weighted by Gasteiger charge is 2.44. The summed E-state index contributed by atoms with van der Waals surface area (Å²) in [5.74, 6) is -0.245. The Morgan fingerprint density at radius 3 is 2.67 bits per heavy atom. The number of amides is 2. The average Bonchev–Trinajstić information content (AvgIpc) is 3.13. The lowest BCUT2D eigenvalue weighted by molar-refractivity contribution is -0.163. The lowest BCUT2D eigenvalue weighted by Crippen LogP contribution is -2.68. The molecule has 0 aliphatic carbocycles. The van der Waals surface area contributed by atoms with Gasteiger partial charge in [-0.05, 0) is 31.2 Å². The first kappa shape index (κ1) is 18.1. The number of hydrogen-bond donors (Lipinski definition) is 0. The van der Waals surface area contributed by atoms with Crippen molar-refractivity contribution in [1.82, 2.24) is 19.7 Å². The quantitative estimate of drug-likeness (QED) is 0.805. The third-order valence-electron chi connectivity index (χ3n) is 5.37. The highest BCUT2D eigenvalue weighted by Crippen LogP contribution is 2.25. The summed E-state index contributed by atoms with van der Waals surface area (Å²) in [6.45, 7) is 4.21. The molecule has 0 N–H and O–H groups in total. The first-order valence-electron chi connectivity index (χ1n) is 8.94. The Hall–Kier alpha value is -2.32. The van der Waals surface area contributed by atoms with Gasteiger partial charge in [-0.2, -0.15) is 0 Å². The Bertz CT molecular complexity index is 869. The Kier molecular flexibility index (Phi) is 4.69. The van der Waals surface area contributed by atoms with Gasteiger partial charge < -0.3 is 9.80 Å². The van der Waals surface area contributed by atoms with Crippen LogP contribution in [0.3, 0.4) is 0 Å². The number of nitrogens with zero attached hydrogens (tertiary/aromatic N) is 4. The van der Waals surface area contributed by atoms with Crippen molar-refractivity contribution in [3.05, 3.63) is 40.5 Å². The van der Waals surface area contributed by atoms with E-state index >= 15 is 0 Å². The van der Waals surface area contributed by atoms with E-state index in [9.17, 15) is 14.0 Å². The zero-order chi connectivity index (χ0) is 19.1. The second-order valence-electron chi connectivity index (χ2n) is 7.04. The van der Waals surface area contributed by atoms with Crippen LogP contribution in [-0.4, -0.2) is 70.3 Å². The maximum Gasteiger partial charge on any atom is 0.247 e.